The van der Waals surface area contributed by atoms with Crippen LogP contribution < -0.4 is 5.32 Å². The van der Waals surface area contributed by atoms with Gasteiger partial charge in [-0.05, 0) is 31.4 Å². The van der Waals surface area contributed by atoms with Crippen molar-refractivity contribution in [1.29, 1.82) is 0 Å². The van der Waals surface area contributed by atoms with Gasteiger partial charge in [0.25, 0.3) is 0 Å². The fourth-order valence-corrected chi connectivity index (χ4v) is 3.26. The maximum atomic E-state index is 4.24. The number of nitrogens with one attached hydrogen (secondary N) is 1. The van der Waals surface area contributed by atoms with Crippen molar-refractivity contribution in [2.24, 2.45) is 5.92 Å². The van der Waals surface area contributed by atoms with Crippen molar-refractivity contribution in [2.75, 3.05) is 18.1 Å². The number of aromatic nitrogens is 1. The topological polar surface area (TPSA) is 24.9 Å². The fourth-order valence-electron chi connectivity index (χ4n) is 1.38. The minimum absolute atomic E-state index is 0.982. The summed E-state index contributed by atoms with van der Waals surface area (Å²) in [6, 6.07) is 0. The van der Waals surface area contributed by atoms with Crippen LogP contribution in [0.3, 0.4) is 0 Å². The first-order valence-corrected chi connectivity index (χ1v) is 7.51. The molecule has 0 aliphatic heterocycles. The Labute approximate surface area is 99.9 Å². The van der Waals surface area contributed by atoms with E-state index in [1.54, 1.807) is 11.3 Å². The predicted octanol–water partition coefficient (Wildman–Crippen LogP) is 2.68. The Morgan fingerprint density at radius 2 is 2.47 bits per heavy atom. The molecule has 1 N–H and O–H groups in total. The summed E-state index contributed by atoms with van der Waals surface area (Å²) in [4.78, 5) is 5.58. The van der Waals surface area contributed by atoms with Gasteiger partial charge in [0.2, 0.25) is 0 Å². The Bertz CT molecular complexity index is 295. The number of nitrogens with zero attached hydrogens (tertiary/aromatic N) is 1. The van der Waals surface area contributed by atoms with Crippen molar-refractivity contribution >= 4 is 23.1 Å². The van der Waals surface area contributed by atoms with Gasteiger partial charge in [0.1, 0.15) is 0 Å². The molecular weight excluding hydrogens is 224 g/mol. The Kier molecular flexibility index (Phi) is 4.47. The highest BCUT2D eigenvalue weighted by molar-refractivity contribution is 7.99. The SMILES string of the molecule is Cc1ncc(CNCCSCC2CC2)s1. The predicted molar refractivity (Wildman–Crippen MR) is 68.6 cm³/mol. The molecule has 1 heterocycles. The third-order valence-electron chi connectivity index (χ3n) is 2.44. The highest BCUT2D eigenvalue weighted by atomic mass is 32.2. The Hall–Kier alpha value is -0.0600. The number of thioether (sulfide) groups is 1. The summed E-state index contributed by atoms with van der Waals surface area (Å²) < 4.78 is 0. The smallest absolute Gasteiger partial charge is 0.0897 e. The molecule has 0 atom stereocenters. The van der Waals surface area contributed by atoms with E-state index in [0.29, 0.717) is 0 Å². The number of aryl methyl sites for hydroxylation is 1. The molecule has 0 saturated heterocycles. The van der Waals surface area contributed by atoms with Crippen molar-refractivity contribution in [2.45, 2.75) is 26.3 Å². The molecule has 1 saturated carbocycles. The summed E-state index contributed by atoms with van der Waals surface area (Å²) in [6.07, 6.45) is 4.92. The zero-order valence-corrected chi connectivity index (χ0v) is 10.8. The van der Waals surface area contributed by atoms with Crippen LogP contribution in [0.5, 0.6) is 0 Å². The molecule has 15 heavy (non-hydrogen) atoms. The van der Waals surface area contributed by atoms with E-state index in [0.717, 1.165) is 24.0 Å². The van der Waals surface area contributed by atoms with E-state index in [9.17, 15) is 0 Å². The maximum absolute atomic E-state index is 4.24. The molecule has 84 valence electrons. The molecule has 2 nitrogen and oxygen atoms in total. The zero-order chi connectivity index (χ0) is 10.5. The molecule has 1 aliphatic rings. The van der Waals surface area contributed by atoms with Gasteiger partial charge in [-0.25, -0.2) is 4.98 Å². The lowest BCUT2D eigenvalue weighted by Crippen LogP contribution is -2.16. The second kappa shape index (κ2) is 5.87. The van der Waals surface area contributed by atoms with Gasteiger partial charge in [0.05, 0.1) is 5.01 Å². The summed E-state index contributed by atoms with van der Waals surface area (Å²) in [6.45, 7) is 4.16. The standard InChI is InChI=1S/C11H18N2S2/c1-9-13-7-11(15-9)6-12-4-5-14-8-10-2-3-10/h7,10,12H,2-6,8H2,1H3. The third kappa shape index (κ3) is 4.53. The van der Waals surface area contributed by atoms with Crippen LogP contribution in [-0.4, -0.2) is 23.0 Å². The van der Waals surface area contributed by atoms with Gasteiger partial charge in [0, 0.05) is 29.9 Å². The zero-order valence-electron chi connectivity index (χ0n) is 9.16. The van der Waals surface area contributed by atoms with Crippen LogP contribution in [-0.2, 0) is 6.54 Å². The lowest BCUT2D eigenvalue weighted by atomic mass is 10.5. The molecule has 1 fully saturated rings. The van der Waals surface area contributed by atoms with Crippen molar-refractivity contribution in [1.82, 2.24) is 10.3 Å². The molecule has 0 radical (unpaired) electrons. The molecule has 0 aromatic carbocycles. The molecule has 1 aliphatic carbocycles. The van der Waals surface area contributed by atoms with Crippen LogP contribution in [0.4, 0.5) is 0 Å². The Balaban J connectivity index is 1.47. The number of hydrogen-bond donors (Lipinski definition) is 1. The average molecular weight is 242 g/mol. The van der Waals surface area contributed by atoms with E-state index >= 15 is 0 Å². The highest BCUT2D eigenvalue weighted by Gasteiger charge is 2.20. The van der Waals surface area contributed by atoms with Gasteiger partial charge < -0.3 is 5.32 Å². The van der Waals surface area contributed by atoms with E-state index in [4.69, 9.17) is 0 Å². The van der Waals surface area contributed by atoms with Gasteiger partial charge >= 0.3 is 0 Å². The number of rotatable bonds is 7. The largest absolute Gasteiger partial charge is 0.311 e. The van der Waals surface area contributed by atoms with Crippen LogP contribution in [0.25, 0.3) is 0 Å². The minimum Gasteiger partial charge on any atom is -0.311 e. The van der Waals surface area contributed by atoms with Crippen LogP contribution >= 0.6 is 23.1 Å². The minimum atomic E-state index is 0.982. The lowest BCUT2D eigenvalue weighted by Gasteiger charge is -2.02. The summed E-state index contributed by atoms with van der Waals surface area (Å²) in [7, 11) is 0. The first kappa shape index (κ1) is 11.4. The van der Waals surface area contributed by atoms with Gasteiger partial charge in [0.15, 0.2) is 0 Å². The third-order valence-corrected chi connectivity index (χ3v) is 4.55. The molecule has 0 amide bonds. The first-order valence-electron chi connectivity index (χ1n) is 5.54. The number of thiazole rings is 1. The summed E-state index contributed by atoms with van der Waals surface area (Å²) >= 11 is 3.88. The van der Waals surface area contributed by atoms with E-state index in [-0.39, 0.29) is 0 Å². The van der Waals surface area contributed by atoms with Crippen LogP contribution in [0.1, 0.15) is 22.7 Å². The fraction of sp³-hybridized carbons (Fsp3) is 0.727. The van der Waals surface area contributed by atoms with Crippen LogP contribution in [0.15, 0.2) is 6.20 Å². The van der Waals surface area contributed by atoms with E-state index < -0.39 is 0 Å². The molecule has 1 aromatic heterocycles. The second-order valence-electron chi connectivity index (χ2n) is 4.04. The Morgan fingerprint density at radius 1 is 1.60 bits per heavy atom. The van der Waals surface area contributed by atoms with Gasteiger partial charge in [-0.15, -0.1) is 11.3 Å². The van der Waals surface area contributed by atoms with E-state index in [1.807, 2.05) is 6.20 Å². The van der Waals surface area contributed by atoms with Crippen molar-refractivity contribution in [3.05, 3.63) is 16.1 Å². The lowest BCUT2D eigenvalue weighted by molar-refractivity contribution is 0.739. The van der Waals surface area contributed by atoms with Gasteiger partial charge in [-0.2, -0.15) is 11.8 Å². The summed E-state index contributed by atoms with van der Waals surface area (Å²) in [5.41, 5.74) is 0. The molecule has 1 aromatic rings. The monoisotopic (exact) mass is 242 g/mol. The molecule has 0 unspecified atom stereocenters. The van der Waals surface area contributed by atoms with E-state index in [2.05, 4.69) is 29.0 Å². The number of hydrogen-bond acceptors (Lipinski definition) is 4. The highest BCUT2D eigenvalue weighted by Crippen LogP contribution is 2.32. The maximum Gasteiger partial charge on any atom is 0.0897 e. The second-order valence-corrected chi connectivity index (χ2v) is 6.51. The summed E-state index contributed by atoms with van der Waals surface area (Å²) in [5.74, 6) is 3.68. The van der Waals surface area contributed by atoms with Crippen molar-refractivity contribution in [3.63, 3.8) is 0 Å². The van der Waals surface area contributed by atoms with E-state index in [1.165, 1.54) is 29.2 Å². The van der Waals surface area contributed by atoms with Crippen molar-refractivity contribution < 1.29 is 0 Å². The van der Waals surface area contributed by atoms with Gasteiger partial charge in [-0.1, -0.05) is 0 Å². The normalized spacial score (nSPS) is 15.8. The first-order chi connectivity index (χ1) is 7.34. The summed E-state index contributed by atoms with van der Waals surface area (Å²) in [5, 5.41) is 4.62. The molecular formula is C11H18N2S2. The van der Waals surface area contributed by atoms with Crippen LogP contribution in [0, 0.1) is 12.8 Å². The molecule has 0 spiro atoms. The van der Waals surface area contributed by atoms with Crippen LogP contribution in [0.2, 0.25) is 0 Å². The quantitative estimate of drug-likeness (QED) is 0.744. The Morgan fingerprint density at radius 3 is 3.13 bits per heavy atom. The molecule has 2 rings (SSSR count). The van der Waals surface area contributed by atoms with Gasteiger partial charge in [-0.3, -0.25) is 0 Å². The van der Waals surface area contributed by atoms with Crippen molar-refractivity contribution in [3.8, 4) is 0 Å². The average Bonchev–Trinajstić information content (AvgIpc) is 2.95. The molecule has 0 bridgehead atoms. The molecule has 4 heteroatoms.